The summed E-state index contributed by atoms with van der Waals surface area (Å²) >= 11 is 0. The zero-order valence-electron chi connectivity index (χ0n) is 12.2. The van der Waals surface area contributed by atoms with Crippen LogP contribution in [0.5, 0.6) is 0 Å². The van der Waals surface area contributed by atoms with E-state index >= 15 is 0 Å². The molecular formula is C17H10F3N3O. The van der Waals surface area contributed by atoms with Gasteiger partial charge in [-0.3, -0.25) is 0 Å². The molecule has 0 unspecified atom stereocenters. The number of aromatic nitrogens is 2. The summed E-state index contributed by atoms with van der Waals surface area (Å²) in [5, 5.41) is 7.43. The Morgan fingerprint density at radius 2 is 1.71 bits per heavy atom. The molecule has 3 rings (SSSR count). The Bertz CT molecular complexity index is 892. The van der Waals surface area contributed by atoms with E-state index in [0.717, 1.165) is 23.3 Å². The van der Waals surface area contributed by atoms with Crippen molar-refractivity contribution in [3.63, 3.8) is 0 Å². The second kappa shape index (κ2) is 6.16. The highest BCUT2D eigenvalue weighted by atomic mass is 19.4. The molecule has 0 aliphatic rings. The molecule has 0 fully saturated rings. The lowest BCUT2D eigenvalue weighted by atomic mass is 9.99. The third-order valence-electron chi connectivity index (χ3n) is 3.43. The van der Waals surface area contributed by atoms with Crippen molar-refractivity contribution in [1.29, 1.82) is 0 Å². The van der Waals surface area contributed by atoms with E-state index in [4.69, 9.17) is 11.0 Å². The molecule has 0 saturated carbocycles. The number of benzene rings is 2. The number of alkyl halides is 3. The molecule has 4 nitrogen and oxygen atoms in total. The summed E-state index contributed by atoms with van der Waals surface area (Å²) in [5.74, 6) is 0.212. The summed E-state index contributed by atoms with van der Waals surface area (Å²) in [6.45, 7) is 6.86. The van der Waals surface area contributed by atoms with Gasteiger partial charge >= 0.3 is 12.2 Å². The van der Waals surface area contributed by atoms with Gasteiger partial charge in [-0.15, -0.1) is 0 Å². The number of halogens is 3. The molecule has 0 spiro atoms. The van der Waals surface area contributed by atoms with Crippen molar-refractivity contribution in [2.45, 2.75) is 12.6 Å². The molecule has 0 aliphatic carbocycles. The molecule has 0 aliphatic heterocycles. The first-order chi connectivity index (χ1) is 11.5. The van der Waals surface area contributed by atoms with Crippen LogP contribution in [0.25, 0.3) is 16.3 Å². The smallest absolute Gasteiger partial charge is 0.444 e. The largest absolute Gasteiger partial charge is 0.475 e. The molecule has 0 saturated heterocycles. The summed E-state index contributed by atoms with van der Waals surface area (Å²) in [4.78, 5) is 3.07. The summed E-state index contributed by atoms with van der Waals surface area (Å²) in [6, 6.07) is 12.0. The van der Waals surface area contributed by atoms with E-state index in [1.54, 1.807) is 12.1 Å². The number of rotatable bonds is 3. The minimum absolute atomic E-state index is 0.158. The SMILES string of the molecule is [C-]#[N+]c1nnc(-c2ccccc2Cc2ccc(C(F)(F)F)cc2)o1. The predicted molar refractivity (Wildman–Crippen MR) is 80.2 cm³/mol. The Morgan fingerprint density at radius 3 is 2.33 bits per heavy atom. The van der Waals surface area contributed by atoms with Gasteiger partial charge in [-0.1, -0.05) is 36.9 Å². The van der Waals surface area contributed by atoms with E-state index in [2.05, 4.69) is 15.0 Å². The maximum atomic E-state index is 12.6. The lowest BCUT2D eigenvalue weighted by Gasteiger charge is -2.09. The molecule has 0 amide bonds. The van der Waals surface area contributed by atoms with Crippen molar-refractivity contribution in [3.8, 4) is 11.5 Å². The zero-order valence-corrected chi connectivity index (χ0v) is 12.2. The van der Waals surface area contributed by atoms with Crippen molar-refractivity contribution in [2.24, 2.45) is 0 Å². The monoisotopic (exact) mass is 329 g/mol. The fourth-order valence-electron chi connectivity index (χ4n) is 2.28. The average Bonchev–Trinajstić information content (AvgIpc) is 3.04. The van der Waals surface area contributed by atoms with E-state index in [9.17, 15) is 13.2 Å². The minimum atomic E-state index is -4.35. The van der Waals surface area contributed by atoms with E-state index in [1.807, 2.05) is 12.1 Å². The van der Waals surface area contributed by atoms with Gasteiger partial charge < -0.3 is 9.26 Å². The quantitative estimate of drug-likeness (QED) is 0.642. The highest BCUT2D eigenvalue weighted by Crippen LogP contribution is 2.30. The zero-order chi connectivity index (χ0) is 17.2. The maximum absolute atomic E-state index is 12.6. The number of nitrogens with zero attached hydrogens (tertiary/aromatic N) is 3. The topological polar surface area (TPSA) is 43.3 Å². The molecular weight excluding hydrogens is 319 g/mol. The summed E-state index contributed by atoms with van der Waals surface area (Å²) < 4.78 is 43.1. The Balaban J connectivity index is 1.90. The van der Waals surface area contributed by atoms with E-state index < -0.39 is 11.7 Å². The Labute approximate surface area is 135 Å². The van der Waals surface area contributed by atoms with Crippen molar-refractivity contribution >= 4 is 6.01 Å². The summed E-state index contributed by atoms with van der Waals surface area (Å²) in [7, 11) is 0. The first kappa shape index (κ1) is 15.7. The molecule has 24 heavy (non-hydrogen) atoms. The van der Waals surface area contributed by atoms with Gasteiger partial charge in [0.1, 0.15) is 0 Å². The summed E-state index contributed by atoms with van der Waals surface area (Å²) in [6.07, 6.45) is -3.94. The lowest BCUT2D eigenvalue weighted by Crippen LogP contribution is -2.04. The highest BCUT2D eigenvalue weighted by Gasteiger charge is 2.29. The molecule has 0 radical (unpaired) electrons. The van der Waals surface area contributed by atoms with Crippen molar-refractivity contribution < 1.29 is 17.6 Å². The molecule has 0 N–H and O–H groups in total. The second-order valence-electron chi connectivity index (χ2n) is 5.03. The Hall–Kier alpha value is -3.14. The van der Waals surface area contributed by atoms with Gasteiger partial charge in [0.25, 0.3) is 5.89 Å². The van der Waals surface area contributed by atoms with E-state index in [0.29, 0.717) is 12.0 Å². The normalized spacial score (nSPS) is 11.2. The van der Waals surface area contributed by atoms with Crippen LogP contribution in [0.4, 0.5) is 19.2 Å². The molecule has 1 heterocycles. The van der Waals surface area contributed by atoms with Gasteiger partial charge in [0, 0.05) is 10.7 Å². The molecule has 1 aromatic heterocycles. The Morgan fingerprint density at radius 1 is 1.00 bits per heavy atom. The average molecular weight is 329 g/mol. The third kappa shape index (κ3) is 3.27. The van der Waals surface area contributed by atoms with Crippen molar-refractivity contribution in [1.82, 2.24) is 10.2 Å². The van der Waals surface area contributed by atoms with Gasteiger partial charge in [0.05, 0.1) is 5.56 Å². The van der Waals surface area contributed by atoms with Gasteiger partial charge in [-0.05, 0) is 40.8 Å². The minimum Gasteiger partial charge on any atom is -0.444 e. The van der Waals surface area contributed by atoms with Crippen LogP contribution in [0, 0.1) is 6.57 Å². The molecule has 2 aromatic carbocycles. The maximum Gasteiger partial charge on any atom is 0.475 e. The first-order valence-corrected chi connectivity index (χ1v) is 6.93. The van der Waals surface area contributed by atoms with Crippen LogP contribution in [-0.4, -0.2) is 10.2 Å². The number of hydrogen-bond acceptors (Lipinski definition) is 3. The Kier molecular flexibility index (Phi) is 4.04. The first-order valence-electron chi connectivity index (χ1n) is 6.93. The predicted octanol–water partition coefficient (Wildman–Crippen LogP) is 4.90. The van der Waals surface area contributed by atoms with Gasteiger partial charge in [0.2, 0.25) is 0 Å². The van der Waals surface area contributed by atoms with Crippen LogP contribution < -0.4 is 0 Å². The van der Waals surface area contributed by atoms with Crippen LogP contribution >= 0.6 is 0 Å². The van der Waals surface area contributed by atoms with Crippen molar-refractivity contribution in [3.05, 3.63) is 76.6 Å². The van der Waals surface area contributed by atoms with Crippen molar-refractivity contribution in [2.75, 3.05) is 0 Å². The number of hydrogen-bond donors (Lipinski definition) is 0. The molecule has 3 aromatic rings. The molecule has 120 valence electrons. The van der Waals surface area contributed by atoms with Gasteiger partial charge in [0.15, 0.2) is 0 Å². The molecule has 7 heteroatoms. The highest BCUT2D eigenvalue weighted by molar-refractivity contribution is 5.60. The second-order valence-corrected chi connectivity index (χ2v) is 5.03. The van der Waals surface area contributed by atoms with Gasteiger partial charge in [-0.25, -0.2) is 0 Å². The van der Waals surface area contributed by atoms with Crippen LogP contribution in [0.3, 0.4) is 0 Å². The van der Waals surface area contributed by atoms with Crippen LogP contribution in [0.2, 0.25) is 0 Å². The fraction of sp³-hybridized carbons (Fsp3) is 0.118. The van der Waals surface area contributed by atoms with Crippen LogP contribution in [0.1, 0.15) is 16.7 Å². The van der Waals surface area contributed by atoms with Crippen LogP contribution in [-0.2, 0) is 12.6 Å². The van der Waals surface area contributed by atoms with Crippen LogP contribution in [0.15, 0.2) is 52.9 Å². The molecule has 0 bridgehead atoms. The lowest BCUT2D eigenvalue weighted by molar-refractivity contribution is -0.137. The summed E-state index contributed by atoms with van der Waals surface area (Å²) in [5.41, 5.74) is 1.51. The van der Waals surface area contributed by atoms with E-state index in [1.165, 1.54) is 12.1 Å². The fourth-order valence-corrected chi connectivity index (χ4v) is 2.28. The molecule has 0 atom stereocenters. The third-order valence-corrected chi connectivity index (χ3v) is 3.43. The standard InChI is InChI=1S/C17H10F3N3O/c1-21-16-23-22-15(24-16)14-5-3-2-4-12(14)10-11-6-8-13(9-7-11)17(18,19)20/h2-9H,10H2. The van der Waals surface area contributed by atoms with Gasteiger partial charge in [-0.2, -0.15) is 13.2 Å². The van der Waals surface area contributed by atoms with E-state index in [-0.39, 0.29) is 11.9 Å².